The van der Waals surface area contributed by atoms with Crippen LogP contribution < -0.4 is 9.47 Å². The minimum absolute atomic E-state index is 0.0480. The van der Waals surface area contributed by atoms with E-state index in [2.05, 4.69) is 11.9 Å². The summed E-state index contributed by atoms with van der Waals surface area (Å²) < 4.78 is 22.6. The van der Waals surface area contributed by atoms with Gasteiger partial charge in [-0.1, -0.05) is 6.92 Å². The summed E-state index contributed by atoms with van der Waals surface area (Å²) in [6.45, 7) is 2.92. The highest BCUT2D eigenvalue weighted by Crippen LogP contribution is 2.51. The lowest BCUT2D eigenvalue weighted by Crippen LogP contribution is -2.55. The molecule has 1 aromatic rings. The molecular formula is C20H23NO6. The Morgan fingerprint density at radius 1 is 1.30 bits per heavy atom. The van der Waals surface area contributed by atoms with Crippen LogP contribution in [0.4, 0.5) is 0 Å². The largest absolute Gasteiger partial charge is 0.458 e. The second kappa shape index (κ2) is 6.12. The summed E-state index contributed by atoms with van der Waals surface area (Å²) in [4.78, 5) is 27.1. The van der Waals surface area contributed by atoms with Crippen molar-refractivity contribution >= 4 is 11.9 Å². The van der Waals surface area contributed by atoms with Gasteiger partial charge in [0.1, 0.15) is 12.2 Å². The van der Waals surface area contributed by atoms with Crippen LogP contribution in [0.1, 0.15) is 48.0 Å². The standard InChI is InChI=1S/C20H23NO6/c1-3-16(22)26-15-6-10-4-5-21(2)18(10)17-11-7-13-14(25-9-24-13)8-12(11)20(23)27-19(15)17/h7-8,10,15,17-19H,3-6,9H2,1-2H3. The first-order chi connectivity index (χ1) is 13.1. The average molecular weight is 373 g/mol. The molecule has 5 unspecified atom stereocenters. The predicted molar refractivity (Wildman–Crippen MR) is 93.8 cm³/mol. The molecule has 0 radical (unpaired) electrons. The fourth-order valence-corrected chi connectivity index (χ4v) is 5.21. The van der Waals surface area contributed by atoms with Gasteiger partial charge in [-0.05, 0) is 50.0 Å². The van der Waals surface area contributed by atoms with Crippen LogP contribution in [0.15, 0.2) is 12.1 Å². The Hall–Kier alpha value is -2.28. The summed E-state index contributed by atoms with van der Waals surface area (Å²) in [5, 5.41) is 0. The van der Waals surface area contributed by atoms with Crippen LogP contribution in [0.5, 0.6) is 11.5 Å². The third-order valence-corrected chi connectivity index (χ3v) is 6.41. The third kappa shape index (κ3) is 2.51. The van der Waals surface area contributed by atoms with Crippen LogP contribution >= 0.6 is 0 Å². The first kappa shape index (κ1) is 16.9. The van der Waals surface area contributed by atoms with Gasteiger partial charge in [-0.25, -0.2) is 4.79 Å². The van der Waals surface area contributed by atoms with Crippen molar-refractivity contribution in [2.24, 2.45) is 5.92 Å². The highest BCUT2D eigenvalue weighted by Gasteiger charge is 2.55. The second-order valence-corrected chi connectivity index (χ2v) is 7.83. The zero-order valence-corrected chi connectivity index (χ0v) is 15.5. The van der Waals surface area contributed by atoms with Gasteiger partial charge in [-0.15, -0.1) is 0 Å². The highest BCUT2D eigenvalue weighted by molar-refractivity contribution is 5.94. The molecule has 5 atom stereocenters. The van der Waals surface area contributed by atoms with E-state index in [-0.39, 0.29) is 30.7 Å². The lowest BCUT2D eigenvalue weighted by Gasteiger charge is -2.47. The Bertz CT molecular complexity index is 808. The van der Waals surface area contributed by atoms with Gasteiger partial charge < -0.3 is 23.8 Å². The van der Waals surface area contributed by atoms with Crippen LogP contribution in [0.3, 0.4) is 0 Å². The molecule has 0 aromatic heterocycles. The Balaban J connectivity index is 1.60. The molecule has 7 heteroatoms. The number of carbonyl (C=O) groups is 2. The first-order valence-corrected chi connectivity index (χ1v) is 9.61. The van der Waals surface area contributed by atoms with Crippen molar-refractivity contribution in [1.29, 1.82) is 0 Å². The minimum Gasteiger partial charge on any atom is -0.458 e. The van der Waals surface area contributed by atoms with Crippen molar-refractivity contribution in [3.63, 3.8) is 0 Å². The van der Waals surface area contributed by atoms with E-state index in [1.807, 2.05) is 6.07 Å². The van der Waals surface area contributed by atoms with Gasteiger partial charge in [0.25, 0.3) is 0 Å². The molecule has 1 saturated carbocycles. The Kier molecular flexibility index (Phi) is 3.82. The van der Waals surface area contributed by atoms with Crippen molar-refractivity contribution in [2.45, 2.75) is 50.4 Å². The number of likely N-dealkylation sites (tertiary alicyclic amines) is 1. The molecule has 27 heavy (non-hydrogen) atoms. The van der Waals surface area contributed by atoms with Gasteiger partial charge in [-0.3, -0.25) is 4.79 Å². The van der Waals surface area contributed by atoms with Crippen LogP contribution in [-0.2, 0) is 14.3 Å². The summed E-state index contributed by atoms with van der Waals surface area (Å²) in [7, 11) is 2.11. The molecule has 0 bridgehead atoms. The van der Waals surface area contributed by atoms with E-state index in [1.165, 1.54) is 0 Å². The van der Waals surface area contributed by atoms with E-state index in [4.69, 9.17) is 18.9 Å². The second-order valence-electron chi connectivity index (χ2n) is 7.83. The highest BCUT2D eigenvalue weighted by atomic mass is 16.7. The minimum atomic E-state index is -0.470. The quantitative estimate of drug-likeness (QED) is 0.735. The summed E-state index contributed by atoms with van der Waals surface area (Å²) in [6, 6.07) is 3.89. The van der Waals surface area contributed by atoms with E-state index >= 15 is 0 Å². The maximum absolute atomic E-state index is 12.7. The van der Waals surface area contributed by atoms with Gasteiger partial charge in [0, 0.05) is 18.4 Å². The molecule has 1 aliphatic carbocycles. The lowest BCUT2D eigenvalue weighted by atomic mass is 9.69. The number of esters is 2. The van der Waals surface area contributed by atoms with E-state index in [0.29, 0.717) is 29.4 Å². The van der Waals surface area contributed by atoms with Gasteiger partial charge in [0.2, 0.25) is 6.79 Å². The fourth-order valence-electron chi connectivity index (χ4n) is 5.21. The Labute approximate surface area is 157 Å². The molecule has 3 heterocycles. The zero-order chi connectivity index (χ0) is 18.7. The van der Waals surface area contributed by atoms with Crippen LogP contribution in [0, 0.1) is 5.92 Å². The van der Waals surface area contributed by atoms with Gasteiger partial charge in [0.15, 0.2) is 11.5 Å². The van der Waals surface area contributed by atoms with Crippen molar-refractivity contribution in [3.8, 4) is 11.5 Å². The topological polar surface area (TPSA) is 74.3 Å². The molecule has 0 N–H and O–H groups in total. The Morgan fingerprint density at radius 3 is 2.85 bits per heavy atom. The van der Waals surface area contributed by atoms with Crippen molar-refractivity contribution in [1.82, 2.24) is 4.90 Å². The molecular weight excluding hydrogens is 350 g/mol. The number of hydrogen-bond donors (Lipinski definition) is 0. The van der Waals surface area contributed by atoms with Crippen LogP contribution in [0.2, 0.25) is 0 Å². The number of likely N-dealkylation sites (N-methyl/N-ethyl adjacent to an activating group) is 1. The number of benzene rings is 1. The van der Waals surface area contributed by atoms with Gasteiger partial charge in [0.05, 0.1) is 5.56 Å². The number of nitrogens with zero attached hydrogens (tertiary/aromatic N) is 1. The number of fused-ring (bicyclic) bond motifs is 6. The number of ether oxygens (including phenoxy) is 4. The van der Waals surface area contributed by atoms with Crippen LogP contribution in [0.25, 0.3) is 0 Å². The maximum atomic E-state index is 12.7. The molecule has 5 rings (SSSR count). The van der Waals surface area contributed by atoms with Crippen molar-refractivity contribution in [3.05, 3.63) is 23.3 Å². The number of hydrogen-bond acceptors (Lipinski definition) is 7. The summed E-state index contributed by atoms with van der Waals surface area (Å²) >= 11 is 0. The SMILES string of the molecule is CCC(=O)OC1CC2CCN(C)C2C2c3cc4c(cc3C(=O)OC12)OCO4. The average Bonchev–Trinajstić information content (AvgIpc) is 3.27. The molecule has 1 saturated heterocycles. The monoisotopic (exact) mass is 373 g/mol. The molecule has 2 fully saturated rings. The van der Waals surface area contributed by atoms with E-state index in [1.54, 1.807) is 13.0 Å². The number of carbonyl (C=O) groups excluding carboxylic acids is 2. The third-order valence-electron chi connectivity index (χ3n) is 6.41. The maximum Gasteiger partial charge on any atom is 0.338 e. The van der Waals surface area contributed by atoms with E-state index in [9.17, 15) is 9.59 Å². The molecule has 1 aromatic carbocycles. The summed E-state index contributed by atoms with van der Waals surface area (Å²) in [5.74, 6) is 0.948. The Morgan fingerprint density at radius 2 is 2.07 bits per heavy atom. The van der Waals surface area contributed by atoms with E-state index in [0.717, 1.165) is 24.9 Å². The molecule has 144 valence electrons. The zero-order valence-electron chi connectivity index (χ0n) is 15.5. The van der Waals surface area contributed by atoms with Crippen molar-refractivity contribution < 1.29 is 28.5 Å². The van der Waals surface area contributed by atoms with E-state index < -0.39 is 12.2 Å². The molecule has 0 spiro atoms. The number of rotatable bonds is 2. The van der Waals surface area contributed by atoms with Gasteiger partial charge in [-0.2, -0.15) is 0 Å². The smallest absolute Gasteiger partial charge is 0.338 e. The molecule has 3 aliphatic heterocycles. The fraction of sp³-hybridized carbons (Fsp3) is 0.600. The van der Waals surface area contributed by atoms with Gasteiger partial charge >= 0.3 is 11.9 Å². The van der Waals surface area contributed by atoms with Crippen molar-refractivity contribution in [2.75, 3.05) is 20.4 Å². The normalized spacial score (nSPS) is 33.7. The molecule has 7 nitrogen and oxygen atoms in total. The predicted octanol–water partition coefficient (Wildman–Crippen LogP) is 2.08. The summed E-state index contributed by atoms with van der Waals surface area (Å²) in [6.07, 6.45) is 1.22. The summed E-state index contributed by atoms with van der Waals surface area (Å²) in [5.41, 5.74) is 1.45. The molecule has 0 amide bonds. The van der Waals surface area contributed by atoms with Crippen LogP contribution in [-0.4, -0.2) is 55.5 Å². The first-order valence-electron chi connectivity index (χ1n) is 9.61. The molecule has 4 aliphatic rings. The lowest BCUT2D eigenvalue weighted by molar-refractivity contribution is -0.163.